The minimum Gasteiger partial charge on any atom is -0.490 e. The molecule has 1 aliphatic carbocycles. The van der Waals surface area contributed by atoms with Crippen molar-refractivity contribution in [3.8, 4) is 11.8 Å². The number of rotatable bonds is 8. The van der Waals surface area contributed by atoms with E-state index in [0.29, 0.717) is 35.2 Å². The molecule has 3 aromatic rings. The minimum absolute atomic E-state index is 0.00153. The zero-order valence-electron chi connectivity index (χ0n) is 29.1. The largest absolute Gasteiger partial charge is 0.490 e. The lowest BCUT2D eigenvalue weighted by molar-refractivity contribution is -0.136. The molecule has 14 nitrogen and oxygen atoms in total. The number of carbonyl (C=O) groups excluding carboxylic acids is 5. The first-order chi connectivity index (χ1) is 26.1. The first-order valence-electron chi connectivity index (χ1n) is 18.1. The molecule has 0 spiro atoms. The van der Waals surface area contributed by atoms with E-state index in [-0.39, 0.29) is 71.9 Å². The Labute approximate surface area is 314 Å². The summed E-state index contributed by atoms with van der Waals surface area (Å²) in [6.45, 7) is 1.44. The van der Waals surface area contributed by atoms with Gasteiger partial charge >= 0.3 is 0 Å². The Kier molecular flexibility index (Phi) is 9.49. The number of carbonyl (C=O) groups is 5. The molecular weight excluding hydrogens is 719 g/mol. The van der Waals surface area contributed by atoms with Crippen LogP contribution in [0.4, 0.5) is 10.2 Å². The molecule has 3 saturated heterocycles. The van der Waals surface area contributed by atoms with Gasteiger partial charge in [-0.25, -0.2) is 4.39 Å². The molecule has 1 aromatic heterocycles. The molecule has 0 radical (unpaired) electrons. The lowest BCUT2D eigenvalue weighted by atomic mass is 9.93. The van der Waals surface area contributed by atoms with Crippen molar-refractivity contribution >= 4 is 47.0 Å². The topological polar surface area (TPSA) is 178 Å². The number of imide groups is 2. The fourth-order valence-electron chi connectivity index (χ4n) is 8.41. The van der Waals surface area contributed by atoms with Gasteiger partial charge in [-0.1, -0.05) is 11.6 Å². The number of ether oxygens (including phenoxy) is 1. The number of nitrogens with zero attached hydrogens (tertiary/aromatic N) is 6. The zero-order chi connectivity index (χ0) is 37.7. The van der Waals surface area contributed by atoms with Crippen LogP contribution in [0.3, 0.4) is 0 Å². The molecule has 2 aromatic carbocycles. The van der Waals surface area contributed by atoms with E-state index in [1.807, 2.05) is 12.1 Å². The van der Waals surface area contributed by atoms with Crippen molar-refractivity contribution in [2.75, 3.05) is 18.0 Å². The first kappa shape index (κ1) is 35.6. The summed E-state index contributed by atoms with van der Waals surface area (Å²) >= 11 is 6.13. The molecule has 5 aliphatic rings. The predicted octanol–water partition coefficient (Wildman–Crippen LogP) is 3.52. The van der Waals surface area contributed by atoms with Crippen molar-refractivity contribution in [1.82, 2.24) is 30.6 Å². The number of anilines is 1. The third-order valence-electron chi connectivity index (χ3n) is 11.1. The Balaban J connectivity index is 0.850. The molecular formula is C38H36ClFN8O6. The number of likely N-dealkylation sites (tertiary alicyclic amines) is 1. The maximum absolute atomic E-state index is 15.4. The van der Waals surface area contributed by atoms with E-state index in [0.717, 1.165) is 49.5 Å². The quantitative estimate of drug-likeness (QED) is 0.322. The van der Waals surface area contributed by atoms with E-state index in [4.69, 9.17) is 21.6 Å². The SMILES string of the molecule is N#Cc1ccc(OC2CCC(NC(=O)c3ccc(N4C5CCC4CN(Cc4cc6c(cc4F)C(=O)N(C4CCC(=O)NC4=O)C6=O)C5)nn3)CC2)cc1Cl. The number of nitriles is 1. The van der Waals surface area contributed by atoms with Crippen LogP contribution in [0.15, 0.2) is 42.5 Å². The minimum atomic E-state index is -1.12. The number of hydrogen-bond donors (Lipinski definition) is 2. The Bertz CT molecular complexity index is 2090. The number of fused-ring (bicyclic) bond motifs is 3. The van der Waals surface area contributed by atoms with Gasteiger partial charge in [0, 0.05) is 55.8 Å². The molecule has 8 rings (SSSR count). The zero-order valence-corrected chi connectivity index (χ0v) is 29.9. The summed E-state index contributed by atoms with van der Waals surface area (Å²) in [5.41, 5.74) is 0.865. The van der Waals surface area contributed by atoms with Gasteiger partial charge in [-0.3, -0.25) is 39.1 Å². The van der Waals surface area contributed by atoms with Crippen LogP contribution < -0.4 is 20.3 Å². The number of halogens is 2. The molecule has 4 aliphatic heterocycles. The molecule has 5 heterocycles. The monoisotopic (exact) mass is 754 g/mol. The summed E-state index contributed by atoms with van der Waals surface area (Å²) in [5.74, 6) is -2.21. The van der Waals surface area contributed by atoms with Gasteiger partial charge in [0.05, 0.1) is 27.8 Å². The van der Waals surface area contributed by atoms with Crippen LogP contribution in [0.5, 0.6) is 5.75 Å². The van der Waals surface area contributed by atoms with E-state index in [1.54, 1.807) is 24.3 Å². The number of amides is 5. The van der Waals surface area contributed by atoms with Gasteiger partial charge in [-0.05, 0) is 81.3 Å². The lowest BCUT2D eigenvalue weighted by Crippen LogP contribution is -2.54. The van der Waals surface area contributed by atoms with Gasteiger partial charge < -0.3 is 15.0 Å². The van der Waals surface area contributed by atoms with Gasteiger partial charge in [0.25, 0.3) is 17.7 Å². The second kappa shape index (κ2) is 14.4. The van der Waals surface area contributed by atoms with Gasteiger partial charge in [0.2, 0.25) is 11.8 Å². The molecule has 5 amide bonds. The molecule has 3 atom stereocenters. The maximum atomic E-state index is 15.4. The van der Waals surface area contributed by atoms with E-state index in [9.17, 15) is 24.0 Å². The number of nitrogens with one attached hydrogen (secondary N) is 2. The maximum Gasteiger partial charge on any atom is 0.272 e. The smallest absolute Gasteiger partial charge is 0.272 e. The Morgan fingerprint density at radius 2 is 1.67 bits per heavy atom. The number of piperidine rings is 1. The number of aromatic nitrogens is 2. The molecule has 2 bridgehead atoms. The highest BCUT2D eigenvalue weighted by Gasteiger charge is 2.46. The van der Waals surface area contributed by atoms with Crippen molar-refractivity contribution in [1.29, 1.82) is 5.26 Å². The average molecular weight is 755 g/mol. The van der Waals surface area contributed by atoms with Crippen molar-refractivity contribution in [2.45, 2.75) is 88.2 Å². The summed E-state index contributed by atoms with van der Waals surface area (Å²) in [7, 11) is 0. The van der Waals surface area contributed by atoms with Crippen LogP contribution in [0.1, 0.15) is 93.7 Å². The van der Waals surface area contributed by atoms with Crippen molar-refractivity contribution in [3.05, 3.63) is 81.3 Å². The Morgan fingerprint density at radius 1 is 0.944 bits per heavy atom. The standard InChI is InChI=1S/C38H36ClFN8O6/c39-29-14-26(6-1-20(29)16-41)54-25-7-2-22(3-8-25)42-35(50)31-9-11-33(45-44-31)47-23-4-5-24(47)19-46(18-23)17-21-13-27-28(15-30(21)40)38(53)48(37(27)52)32-10-12-34(49)43-36(32)51/h1,6,9,11,13-15,22-25,32H,2-5,7-8,10,12,17-19H2,(H,42,50)(H,43,49,51). The van der Waals surface area contributed by atoms with E-state index in [1.165, 1.54) is 6.07 Å². The van der Waals surface area contributed by atoms with Gasteiger partial charge in [-0.15, -0.1) is 10.2 Å². The molecule has 278 valence electrons. The summed E-state index contributed by atoms with van der Waals surface area (Å²) in [6, 6.07) is 12.1. The number of piperazine rings is 1. The molecule has 54 heavy (non-hydrogen) atoms. The molecule has 2 N–H and O–H groups in total. The van der Waals surface area contributed by atoms with Crippen molar-refractivity contribution in [2.24, 2.45) is 0 Å². The fraction of sp³-hybridized carbons (Fsp3) is 0.421. The highest BCUT2D eigenvalue weighted by atomic mass is 35.5. The van der Waals surface area contributed by atoms with Crippen LogP contribution in [0.2, 0.25) is 5.02 Å². The molecule has 3 unspecified atom stereocenters. The number of hydrogen-bond acceptors (Lipinski definition) is 11. The van der Waals surface area contributed by atoms with Crippen molar-refractivity contribution < 1.29 is 33.1 Å². The Hall–Kier alpha value is -5.46. The third-order valence-corrected chi connectivity index (χ3v) is 11.4. The number of benzene rings is 2. The van der Waals surface area contributed by atoms with Crippen LogP contribution in [0, 0.1) is 17.1 Å². The average Bonchev–Trinajstić information content (AvgIpc) is 3.56. The first-order valence-corrected chi connectivity index (χ1v) is 18.5. The second-order valence-corrected chi connectivity index (χ2v) is 14.9. The van der Waals surface area contributed by atoms with Crippen molar-refractivity contribution in [3.63, 3.8) is 0 Å². The highest BCUT2D eigenvalue weighted by Crippen LogP contribution is 2.36. The van der Waals surface area contributed by atoms with Crippen LogP contribution in [-0.2, 0) is 16.1 Å². The third kappa shape index (κ3) is 6.75. The molecule has 4 fully saturated rings. The molecule has 1 saturated carbocycles. The van der Waals surface area contributed by atoms with Gasteiger partial charge in [0.15, 0.2) is 11.5 Å². The summed E-state index contributed by atoms with van der Waals surface area (Å²) in [6.07, 6.45) is 4.79. The lowest BCUT2D eigenvalue weighted by Gasteiger charge is -2.41. The van der Waals surface area contributed by atoms with Gasteiger partial charge in [0.1, 0.15) is 23.7 Å². The van der Waals surface area contributed by atoms with Gasteiger partial charge in [-0.2, -0.15) is 5.26 Å². The normalized spacial score (nSPS) is 25.3. The Morgan fingerprint density at radius 3 is 2.31 bits per heavy atom. The fourth-order valence-corrected chi connectivity index (χ4v) is 8.62. The highest BCUT2D eigenvalue weighted by molar-refractivity contribution is 6.31. The summed E-state index contributed by atoms with van der Waals surface area (Å²) in [4.78, 5) is 68.7. The van der Waals surface area contributed by atoms with E-state index >= 15 is 4.39 Å². The summed E-state index contributed by atoms with van der Waals surface area (Å²) < 4.78 is 21.5. The van der Waals surface area contributed by atoms with E-state index in [2.05, 4.69) is 30.6 Å². The van der Waals surface area contributed by atoms with Crippen LogP contribution in [-0.4, -0.2) is 92.9 Å². The second-order valence-electron chi connectivity index (χ2n) is 14.5. The molecule has 16 heteroatoms. The van der Waals surface area contributed by atoms with Crippen LogP contribution in [0.25, 0.3) is 0 Å². The summed E-state index contributed by atoms with van der Waals surface area (Å²) in [5, 5.41) is 23.4. The van der Waals surface area contributed by atoms with Crippen LogP contribution >= 0.6 is 11.6 Å². The van der Waals surface area contributed by atoms with E-state index < -0.39 is 35.5 Å². The predicted molar refractivity (Wildman–Crippen MR) is 190 cm³/mol.